The van der Waals surface area contributed by atoms with Gasteiger partial charge in [0.1, 0.15) is 0 Å². The third-order valence-corrected chi connectivity index (χ3v) is 4.96. The summed E-state index contributed by atoms with van der Waals surface area (Å²) in [4.78, 5) is 26.6. The number of hydrogen-bond donors (Lipinski definition) is 0. The molecule has 1 aliphatic heterocycles. The number of nitrogens with zero attached hydrogens (tertiary/aromatic N) is 3. The minimum atomic E-state index is -0.0350. The molecule has 0 radical (unpaired) electrons. The van der Waals surface area contributed by atoms with Gasteiger partial charge in [0.15, 0.2) is 0 Å². The maximum Gasteiger partial charge on any atom is 0.267 e. The van der Waals surface area contributed by atoms with Gasteiger partial charge in [0.25, 0.3) is 11.5 Å². The highest BCUT2D eigenvalue weighted by Gasteiger charge is 2.28. The van der Waals surface area contributed by atoms with Crippen molar-refractivity contribution in [2.24, 2.45) is 0 Å². The van der Waals surface area contributed by atoms with Gasteiger partial charge in [0.05, 0.1) is 11.7 Å². The van der Waals surface area contributed by atoms with E-state index in [1.165, 1.54) is 12.8 Å². The summed E-state index contributed by atoms with van der Waals surface area (Å²) in [5, 5.41) is 4.59. The first-order chi connectivity index (χ1) is 11.7. The number of benzene rings is 1. The molecule has 1 aliphatic carbocycles. The van der Waals surface area contributed by atoms with E-state index in [2.05, 4.69) is 5.10 Å². The monoisotopic (exact) mass is 323 g/mol. The smallest absolute Gasteiger partial charge is 0.267 e. The van der Waals surface area contributed by atoms with E-state index in [0.717, 1.165) is 24.1 Å². The summed E-state index contributed by atoms with van der Waals surface area (Å²) < 4.78 is 1.65. The molecular weight excluding hydrogens is 302 g/mol. The molecule has 1 saturated heterocycles. The highest BCUT2D eigenvalue weighted by atomic mass is 16.2. The summed E-state index contributed by atoms with van der Waals surface area (Å²) in [6.45, 7) is 1.33. The van der Waals surface area contributed by atoms with E-state index >= 15 is 0 Å². The second kappa shape index (κ2) is 6.23. The van der Waals surface area contributed by atoms with Crippen molar-refractivity contribution < 1.29 is 4.79 Å². The standard InChI is InChI=1S/C19H21N3O2/c23-18-9-8-17(14-6-7-14)20-22(18)16-10-12-21(13-11-16)19(24)15-4-2-1-3-5-15/h1-5,8-9,14,16H,6-7,10-13H2. The van der Waals surface area contributed by atoms with Crippen LogP contribution >= 0.6 is 0 Å². The Kier molecular flexibility index (Phi) is 3.92. The predicted molar refractivity (Wildman–Crippen MR) is 91.1 cm³/mol. The maximum atomic E-state index is 12.5. The van der Waals surface area contributed by atoms with Crippen LogP contribution in [0.2, 0.25) is 0 Å². The Balaban J connectivity index is 1.46. The molecule has 2 aromatic rings. The van der Waals surface area contributed by atoms with E-state index in [4.69, 9.17) is 0 Å². The van der Waals surface area contributed by atoms with Gasteiger partial charge in [-0.1, -0.05) is 18.2 Å². The second-order valence-electron chi connectivity index (χ2n) is 6.70. The molecule has 2 aliphatic rings. The molecule has 5 heteroatoms. The lowest BCUT2D eigenvalue weighted by atomic mass is 10.0. The summed E-state index contributed by atoms with van der Waals surface area (Å²) in [6, 6.07) is 13.0. The van der Waals surface area contributed by atoms with Crippen LogP contribution in [0.5, 0.6) is 0 Å². The first-order valence-corrected chi connectivity index (χ1v) is 8.66. The van der Waals surface area contributed by atoms with Gasteiger partial charge in [-0.05, 0) is 43.9 Å². The van der Waals surface area contributed by atoms with Gasteiger partial charge in [0, 0.05) is 30.6 Å². The normalized spacial score (nSPS) is 18.6. The van der Waals surface area contributed by atoms with Crippen molar-refractivity contribution in [1.82, 2.24) is 14.7 Å². The predicted octanol–water partition coefficient (Wildman–Crippen LogP) is 2.60. The van der Waals surface area contributed by atoms with Gasteiger partial charge < -0.3 is 4.90 Å². The number of hydrogen-bond acceptors (Lipinski definition) is 3. The van der Waals surface area contributed by atoms with Crippen LogP contribution in [0.4, 0.5) is 0 Å². The molecule has 24 heavy (non-hydrogen) atoms. The molecule has 1 amide bonds. The molecule has 4 rings (SSSR count). The van der Waals surface area contributed by atoms with Crippen molar-refractivity contribution >= 4 is 5.91 Å². The van der Waals surface area contributed by atoms with Crippen LogP contribution < -0.4 is 5.56 Å². The zero-order valence-electron chi connectivity index (χ0n) is 13.6. The number of piperidine rings is 1. The Morgan fingerprint density at radius 1 is 0.958 bits per heavy atom. The van der Waals surface area contributed by atoms with Gasteiger partial charge in [-0.2, -0.15) is 5.10 Å². The lowest BCUT2D eigenvalue weighted by molar-refractivity contribution is 0.0687. The molecule has 0 N–H and O–H groups in total. The molecule has 1 saturated carbocycles. The Morgan fingerprint density at radius 3 is 2.33 bits per heavy atom. The van der Waals surface area contributed by atoms with Crippen LogP contribution in [0.3, 0.4) is 0 Å². The molecule has 1 aromatic carbocycles. The Bertz CT molecular complexity index is 788. The van der Waals surface area contributed by atoms with Crippen LogP contribution in [-0.2, 0) is 0 Å². The Morgan fingerprint density at radius 2 is 1.67 bits per heavy atom. The summed E-state index contributed by atoms with van der Waals surface area (Å²) in [7, 11) is 0. The Labute approximate surface area is 140 Å². The lowest BCUT2D eigenvalue weighted by Gasteiger charge is -2.32. The molecule has 0 unspecified atom stereocenters. The molecule has 0 bridgehead atoms. The number of rotatable bonds is 3. The number of carbonyl (C=O) groups excluding carboxylic acids is 1. The van der Waals surface area contributed by atoms with Gasteiger partial charge in [-0.3, -0.25) is 9.59 Å². The van der Waals surface area contributed by atoms with Crippen molar-refractivity contribution in [1.29, 1.82) is 0 Å². The average molecular weight is 323 g/mol. The highest BCUT2D eigenvalue weighted by molar-refractivity contribution is 5.94. The van der Waals surface area contributed by atoms with E-state index in [0.29, 0.717) is 19.0 Å². The van der Waals surface area contributed by atoms with Crippen molar-refractivity contribution in [3.8, 4) is 0 Å². The van der Waals surface area contributed by atoms with E-state index in [1.54, 1.807) is 10.7 Å². The SMILES string of the molecule is O=C(c1ccccc1)N1CCC(n2nc(C3CC3)ccc2=O)CC1. The fraction of sp³-hybridized carbons (Fsp3) is 0.421. The van der Waals surface area contributed by atoms with Gasteiger partial charge >= 0.3 is 0 Å². The molecule has 2 heterocycles. The summed E-state index contributed by atoms with van der Waals surface area (Å²) in [6.07, 6.45) is 3.91. The maximum absolute atomic E-state index is 12.5. The van der Waals surface area contributed by atoms with E-state index < -0.39 is 0 Å². The second-order valence-corrected chi connectivity index (χ2v) is 6.70. The van der Waals surface area contributed by atoms with Crippen molar-refractivity contribution in [3.05, 3.63) is 64.1 Å². The highest BCUT2D eigenvalue weighted by Crippen LogP contribution is 2.38. The van der Waals surface area contributed by atoms with Gasteiger partial charge in [-0.25, -0.2) is 4.68 Å². The zero-order chi connectivity index (χ0) is 16.5. The number of likely N-dealkylation sites (tertiary alicyclic amines) is 1. The van der Waals surface area contributed by atoms with E-state index in [9.17, 15) is 9.59 Å². The summed E-state index contributed by atoms with van der Waals surface area (Å²) >= 11 is 0. The van der Waals surface area contributed by atoms with Crippen molar-refractivity contribution in [3.63, 3.8) is 0 Å². The largest absolute Gasteiger partial charge is 0.338 e. The summed E-state index contributed by atoms with van der Waals surface area (Å²) in [5.41, 5.74) is 1.73. The van der Waals surface area contributed by atoms with Crippen LogP contribution in [-0.4, -0.2) is 33.7 Å². The average Bonchev–Trinajstić information content (AvgIpc) is 3.48. The third-order valence-electron chi connectivity index (χ3n) is 4.96. The molecule has 124 valence electrons. The molecule has 0 atom stereocenters. The van der Waals surface area contributed by atoms with Crippen LogP contribution in [0.15, 0.2) is 47.3 Å². The van der Waals surface area contributed by atoms with Crippen molar-refractivity contribution in [2.45, 2.75) is 37.6 Å². The number of amides is 1. The molecular formula is C19H21N3O2. The van der Waals surface area contributed by atoms with Crippen LogP contribution in [0, 0.1) is 0 Å². The molecule has 1 aromatic heterocycles. The minimum Gasteiger partial charge on any atom is -0.338 e. The zero-order valence-corrected chi connectivity index (χ0v) is 13.6. The molecule has 2 fully saturated rings. The fourth-order valence-corrected chi connectivity index (χ4v) is 3.38. The fourth-order valence-electron chi connectivity index (χ4n) is 3.38. The van der Waals surface area contributed by atoms with Crippen molar-refractivity contribution in [2.75, 3.05) is 13.1 Å². The lowest BCUT2D eigenvalue weighted by Crippen LogP contribution is -2.41. The minimum absolute atomic E-state index is 0.0350. The van der Waals surface area contributed by atoms with Gasteiger partial charge in [0.2, 0.25) is 0 Å². The van der Waals surface area contributed by atoms with Crippen LogP contribution in [0.25, 0.3) is 0 Å². The summed E-state index contributed by atoms with van der Waals surface area (Å²) in [5.74, 6) is 0.609. The molecule has 0 spiro atoms. The van der Waals surface area contributed by atoms with Crippen LogP contribution in [0.1, 0.15) is 53.7 Å². The Hall–Kier alpha value is -2.43. The number of aromatic nitrogens is 2. The third kappa shape index (κ3) is 2.98. The topological polar surface area (TPSA) is 55.2 Å². The molecule has 5 nitrogen and oxygen atoms in total. The quantitative estimate of drug-likeness (QED) is 0.872. The number of carbonyl (C=O) groups is 1. The van der Waals surface area contributed by atoms with E-state index in [1.807, 2.05) is 41.3 Å². The van der Waals surface area contributed by atoms with E-state index in [-0.39, 0.29) is 17.5 Å². The first kappa shape index (κ1) is 15.1. The first-order valence-electron chi connectivity index (χ1n) is 8.66. The van der Waals surface area contributed by atoms with Gasteiger partial charge in [-0.15, -0.1) is 0 Å².